The predicted octanol–water partition coefficient (Wildman–Crippen LogP) is 5.70. The molecule has 0 spiro atoms. The molecule has 0 bridgehead atoms. The van der Waals surface area contributed by atoms with Crippen LogP contribution in [0.15, 0.2) is 91.6 Å². The first kappa shape index (κ1) is 18.3. The molecular formula is C26H21N3O. The minimum absolute atomic E-state index is 0.0442. The van der Waals surface area contributed by atoms with Crippen LogP contribution >= 0.6 is 0 Å². The summed E-state index contributed by atoms with van der Waals surface area (Å²) in [4.78, 5) is 21.6. The predicted molar refractivity (Wildman–Crippen MR) is 119 cm³/mol. The Balaban J connectivity index is 1.44. The molecule has 0 amide bonds. The molecule has 2 aromatic heterocycles. The Hall–Kier alpha value is -3.79. The Morgan fingerprint density at radius 2 is 1.57 bits per heavy atom. The van der Waals surface area contributed by atoms with Crippen LogP contribution in [0.3, 0.4) is 0 Å². The van der Waals surface area contributed by atoms with Crippen LogP contribution in [0.2, 0.25) is 0 Å². The van der Waals surface area contributed by atoms with E-state index in [1.807, 2.05) is 67.1 Å². The minimum atomic E-state index is -0.0442. The van der Waals surface area contributed by atoms with Gasteiger partial charge < -0.3 is 4.57 Å². The van der Waals surface area contributed by atoms with Crippen LogP contribution in [0.5, 0.6) is 0 Å². The quantitative estimate of drug-likeness (QED) is 0.410. The van der Waals surface area contributed by atoms with Crippen molar-refractivity contribution in [3.8, 4) is 11.1 Å². The molecule has 146 valence electrons. The molecule has 1 aliphatic heterocycles. The molecule has 0 fully saturated rings. The summed E-state index contributed by atoms with van der Waals surface area (Å²) in [6.07, 6.45) is 7.67. The zero-order valence-electron chi connectivity index (χ0n) is 16.7. The Kier molecular flexibility index (Phi) is 4.60. The molecule has 30 heavy (non-hydrogen) atoms. The number of allylic oxidation sites excluding steroid dienone is 2. The van der Waals surface area contributed by atoms with Crippen molar-refractivity contribution in [3.05, 3.63) is 108 Å². The number of hydrogen-bond donors (Lipinski definition) is 0. The Bertz CT molecular complexity index is 1220. The van der Waals surface area contributed by atoms with Gasteiger partial charge in [-0.2, -0.15) is 0 Å². The Labute approximate surface area is 175 Å². The number of aromatic nitrogens is 3. The normalized spacial score (nSPS) is 15.3. The van der Waals surface area contributed by atoms with Crippen molar-refractivity contribution in [2.75, 3.05) is 0 Å². The average molecular weight is 391 g/mol. The van der Waals surface area contributed by atoms with Crippen LogP contribution in [-0.2, 0) is 0 Å². The number of imidazole rings is 1. The summed E-state index contributed by atoms with van der Waals surface area (Å²) in [6.45, 7) is 2.11. The second-order valence-electron chi connectivity index (χ2n) is 7.55. The fourth-order valence-corrected chi connectivity index (χ4v) is 4.28. The second kappa shape index (κ2) is 7.56. The first-order chi connectivity index (χ1) is 14.7. The topological polar surface area (TPSA) is 47.8 Å². The lowest BCUT2D eigenvalue weighted by Crippen LogP contribution is -2.13. The highest BCUT2D eigenvalue weighted by Crippen LogP contribution is 2.44. The van der Waals surface area contributed by atoms with Crippen molar-refractivity contribution in [3.63, 3.8) is 0 Å². The van der Waals surface area contributed by atoms with Crippen LogP contribution < -0.4 is 0 Å². The van der Waals surface area contributed by atoms with Crippen molar-refractivity contribution < 1.29 is 4.79 Å². The SMILES string of the molecule is CC1=C(c2ccccc2)C(CC(=O)c2ccc(-c3ccncc3)cc2)n2cncc21. The summed E-state index contributed by atoms with van der Waals surface area (Å²) >= 11 is 0. The van der Waals surface area contributed by atoms with Crippen molar-refractivity contribution in [2.45, 2.75) is 19.4 Å². The van der Waals surface area contributed by atoms with Crippen LogP contribution in [0, 0.1) is 0 Å². The van der Waals surface area contributed by atoms with Crippen molar-refractivity contribution in [2.24, 2.45) is 0 Å². The van der Waals surface area contributed by atoms with E-state index in [-0.39, 0.29) is 11.8 Å². The van der Waals surface area contributed by atoms with E-state index >= 15 is 0 Å². The van der Waals surface area contributed by atoms with Gasteiger partial charge in [0.25, 0.3) is 0 Å². The van der Waals surface area contributed by atoms with Gasteiger partial charge in [0.2, 0.25) is 0 Å². The summed E-state index contributed by atoms with van der Waals surface area (Å²) in [7, 11) is 0. The molecule has 0 saturated carbocycles. The number of carbonyl (C=O) groups is 1. The fraction of sp³-hybridized carbons (Fsp3) is 0.115. The smallest absolute Gasteiger partial charge is 0.165 e. The molecule has 5 rings (SSSR count). The summed E-state index contributed by atoms with van der Waals surface area (Å²) in [6, 6.07) is 22.0. The zero-order chi connectivity index (χ0) is 20.5. The molecule has 1 aliphatic rings. The van der Waals surface area contributed by atoms with Crippen molar-refractivity contribution >= 4 is 16.9 Å². The maximum Gasteiger partial charge on any atom is 0.165 e. The Morgan fingerprint density at radius 3 is 2.30 bits per heavy atom. The largest absolute Gasteiger partial charge is 0.323 e. The first-order valence-corrected chi connectivity index (χ1v) is 10.0. The van der Waals surface area contributed by atoms with Gasteiger partial charge in [-0.05, 0) is 46.9 Å². The van der Waals surface area contributed by atoms with E-state index in [4.69, 9.17) is 0 Å². The summed E-state index contributed by atoms with van der Waals surface area (Å²) in [5.41, 5.74) is 7.52. The van der Waals surface area contributed by atoms with E-state index in [2.05, 4.69) is 33.6 Å². The highest BCUT2D eigenvalue weighted by atomic mass is 16.1. The third-order valence-corrected chi connectivity index (χ3v) is 5.81. The summed E-state index contributed by atoms with van der Waals surface area (Å²) < 4.78 is 2.13. The number of hydrogen-bond acceptors (Lipinski definition) is 3. The molecule has 1 unspecified atom stereocenters. The van der Waals surface area contributed by atoms with Crippen molar-refractivity contribution in [1.82, 2.24) is 14.5 Å². The Morgan fingerprint density at radius 1 is 0.867 bits per heavy atom. The fourth-order valence-electron chi connectivity index (χ4n) is 4.28. The molecule has 4 aromatic rings. The molecule has 0 N–H and O–H groups in total. The number of pyridine rings is 1. The number of fused-ring (bicyclic) bond motifs is 1. The molecule has 4 heteroatoms. The number of rotatable bonds is 5. The lowest BCUT2D eigenvalue weighted by Gasteiger charge is -2.18. The lowest BCUT2D eigenvalue weighted by molar-refractivity contribution is 0.0972. The number of Topliss-reactive ketones (excluding diaryl/α,β-unsaturated/α-hetero) is 1. The van der Waals surface area contributed by atoms with E-state index in [0.717, 1.165) is 27.9 Å². The van der Waals surface area contributed by atoms with Crippen LogP contribution in [0.25, 0.3) is 22.3 Å². The number of benzene rings is 2. The average Bonchev–Trinajstić information content (AvgIpc) is 3.38. The van der Waals surface area contributed by atoms with Gasteiger partial charge in [0.05, 0.1) is 24.3 Å². The maximum absolute atomic E-state index is 13.2. The van der Waals surface area contributed by atoms with Crippen molar-refractivity contribution in [1.29, 1.82) is 0 Å². The third-order valence-electron chi connectivity index (χ3n) is 5.81. The first-order valence-electron chi connectivity index (χ1n) is 10.0. The molecule has 0 aliphatic carbocycles. The van der Waals surface area contributed by atoms with Crippen LogP contribution in [-0.4, -0.2) is 20.3 Å². The summed E-state index contributed by atoms with van der Waals surface area (Å²) in [5, 5.41) is 0. The molecular weight excluding hydrogens is 370 g/mol. The maximum atomic E-state index is 13.2. The second-order valence-corrected chi connectivity index (χ2v) is 7.55. The molecule has 0 saturated heterocycles. The van der Waals surface area contributed by atoms with E-state index in [0.29, 0.717) is 6.42 Å². The van der Waals surface area contributed by atoms with Gasteiger partial charge in [-0.15, -0.1) is 0 Å². The highest BCUT2D eigenvalue weighted by Gasteiger charge is 2.31. The minimum Gasteiger partial charge on any atom is -0.323 e. The molecule has 1 atom stereocenters. The van der Waals surface area contributed by atoms with Gasteiger partial charge in [-0.25, -0.2) is 4.98 Å². The lowest BCUT2D eigenvalue weighted by atomic mass is 9.91. The molecule has 0 radical (unpaired) electrons. The number of nitrogens with zero attached hydrogens (tertiary/aromatic N) is 3. The standard InChI is InChI=1S/C26H21N3O/c1-18-24-16-28-17-29(24)23(26(18)22-5-3-2-4-6-22)15-25(30)21-9-7-19(8-10-21)20-11-13-27-14-12-20/h2-14,16-17,23H,15H2,1H3. The van der Waals surface area contributed by atoms with Gasteiger partial charge in [0.15, 0.2) is 5.78 Å². The van der Waals surface area contributed by atoms with Gasteiger partial charge in [0, 0.05) is 24.4 Å². The van der Waals surface area contributed by atoms with Gasteiger partial charge in [-0.1, -0.05) is 54.6 Å². The number of carbonyl (C=O) groups excluding carboxylic acids is 1. The van der Waals surface area contributed by atoms with Gasteiger partial charge in [0.1, 0.15) is 0 Å². The molecule has 2 aromatic carbocycles. The van der Waals surface area contributed by atoms with E-state index in [1.165, 1.54) is 11.1 Å². The number of ketones is 1. The van der Waals surface area contributed by atoms with E-state index in [1.54, 1.807) is 12.4 Å². The van der Waals surface area contributed by atoms with Gasteiger partial charge in [-0.3, -0.25) is 9.78 Å². The highest BCUT2D eigenvalue weighted by molar-refractivity contribution is 6.01. The van der Waals surface area contributed by atoms with Gasteiger partial charge >= 0.3 is 0 Å². The zero-order valence-corrected chi connectivity index (χ0v) is 16.7. The molecule has 3 heterocycles. The molecule has 4 nitrogen and oxygen atoms in total. The van der Waals surface area contributed by atoms with Crippen LogP contribution in [0.4, 0.5) is 0 Å². The monoisotopic (exact) mass is 391 g/mol. The summed E-state index contributed by atoms with van der Waals surface area (Å²) in [5.74, 6) is 0.129. The van der Waals surface area contributed by atoms with E-state index in [9.17, 15) is 4.79 Å². The van der Waals surface area contributed by atoms with Crippen LogP contribution in [0.1, 0.15) is 41.0 Å². The third kappa shape index (κ3) is 3.16. The van der Waals surface area contributed by atoms with E-state index < -0.39 is 0 Å².